The van der Waals surface area contributed by atoms with E-state index in [9.17, 15) is 14.4 Å². The summed E-state index contributed by atoms with van der Waals surface area (Å²) in [5, 5.41) is 7.50. The van der Waals surface area contributed by atoms with E-state index in [4.69, 9.17) is 4.74 Å². The van der Waals surface area contributed by atoms with E-state index in [1.165, 1.54) is 0 Å². The van der Waals surface area contributed by atoms with Crippen LogP contribution in [0.3, 0.4) is 0 Å². The third kappa shape index (κ3) is 3.95. The standard InChI is InChI=1S/C18H17N3O4/c1-25-14-4-2-3-11(9-14)10-15(22)19-13-7-5-12(6-8-13)16-17(23)21-18(24)20-16/h2-9,16H,10H2,1H3,(H,19,22)(H2,20,21,23,24). The summed E-state index contributed by atoms with van der Waals surface area (Å²) in [6.07, 6.45) is 0.222. The first kappa shape index (κ1) is 16.5. The molecule has 1 atom stereocenters. The SMILES string of the molecule is COc1cccc(CC(=O)Nc2ccc(C3NC(=O)NC3=O)cc2)c1. The minimum Gasteiger partial charge on any atom is -0.497 e. The van der Waals surface area contributed by atoms with E-state index >= 15 is 0 Å². The molecule has 3 N–H and O–H groups in total. The van der Waals surface area contributed by atoms with Gasteiger partial charge in [0.1, 0.15) is 11.8 Å². The van der Waals surface area contributed by atoms with Gasteiger partial charge in [-0.05, 0) is 35.4 Å². The first-order chi connectivity index (χ1) is 12.0. The molecule has 1 fully saturated rings. The Kier molecular flexibility index (Phi) is 4.65. The zero-order valence-electron chi connectivity index (χ0n) is 13.5. The highest BCUT2D eigenvalue weighted by atomic mass is 16.5. The van der Waals surface area contributed by atoms with Crippen LogP contribution in [-0.2, 0) is 16.0 Å². The van der Waals surface area contributed by atoms with Crippen molar-refractivity contribution in [2.45, 2.75) is 12.5 Å². The maximum atomic E-state index is 12.1. The van der Waals surface area contributed by atoms with Crippen LogP contribution in [-0.4, -0.2) is 25.0 Å². The van der Waals surface area contributed by atoms with Gasteiger partial charge in [-0.2, -0.15) is 0 Å². The molecule has 2 aromatic carbocycles. The van der Waals surface area contributed by atoms with Gasteiger partial charge in [0.05, 0.1) is 13.5 Å². The Hall–Kier alpha value is -3.35. The van der Waals surface area contributed by atoms with E-state index in [0.29, 0.717) is 17.0 Å². The number of urea groups is 1. The highest BCUT2D eigenvalue weighted by Crippen LogP contribution is 2.19. The van der Waals surface area contributed by atoms with Crippen LogP contribution in [0.15, 0.2) is 48.5 Å². The number of rotatable bonds is 5. The summed E-state index contributed by atoms with van der Waals surface area (Å²) < 4.78 is 5.14. The van der Waals surface area contributed by atoms with Crippen molar-refractivity contribution < 1.29 is 19.1 Å². The molecule has 7 nitrogen and oxygen atoms in total. The molecule has 4 amide bonds. The number of nitrogens with one attached hydrogen (secondary N) is 3. The molecule has 0 aliphatic carbocycles. The van der Waals surface area contributed by atoms with Crippen molar-refractivity contribution >= 4 is 23.5 Å². The molecular weight excluding hydrogens is 322 g/mol. The number of anilines is 1. The third-order valence-electron chi connectivity index (χ3n) is 3.80. The molecule has 1 heterocycles. The van der Waals surface area contributed by atoms with E-state index in [1.807, 2.05) is 24.3 Å². The lowest BCUT2D eigenvalue weighted by Gasteiger charge is -2.10. The highest BCUT2D eigenvalue weighted by molar-refractivity contribution is 6.04. The van der Waals surface area contributed by atoms with Crippen LogP contribution >= 0.6 is 0 Å². The number of imide groups is 1. The summed E-state index contributed by atoms with van der Waals surface area (Å²) in [7, 11) is 1.58. The Balaban J connectivity index is 1.62. The fourth-order valence-electron chi connectivity index (χ4n) is 2.58. The minimum atomic E-state index is -0.700. The quantitative estimate of drug-likeness (QED) is 0.723. The number of carbonyl (C=O) groups excluding carboxylic acids is 3. The summed E-state index contributed by atoms with van der Waals surface area (Å²) >= 11 is 0. The van der Waals surface area contributed by atoms with Crippen LogP contribution in [0.1, 0.15) is 17.2 Å². The number of hydrogen-bond acceptors (Lipinski definition) is 4. The van der Waals surface area contributed by atoms with Gasteiger partial charge in [0, 0.05) is 5.69 Å². The molecule has 1 saturated heterocycles. The van der Waals surface area contributed by atoms with E-state index in [2.05, 4.69) is 16.0 Å². The molecule has 25 heavy (non-hydrogen) atoms. The van der Waals surface area contributed by atoms with Crippen LogP contribution < -0.4 is 20.7 Å². The summed E-state index contributed by atoms with van der Waals surface area (Å²) in [5.74, 6) is 0.152. The predicted octanol–water partition coefficient (Wildman–Crippen LogP) is 1.76. The second-order valence-electron chi connectivity index (χ2n) is 5.59. The van der Waals surface area contributed by atoms with Crippen molar-refractivity contribution in [2.75, 3.05) is 12.4 Å². The Morgan fingerprint density at radius 2 is 1.92 bits per heavy atom. The lowest BCUT2D eigenvalue weighted by molar-refractivity contribution is -0.120. The Morgan fingerprint density at radius 1 is 1.16 bits per heavy atom. The van der Waals surface area contributed by atoms with Crippen LogP contribution in [0.4, 0.5) is 10.5 Å². The zero-order valence-corrected chi connectivity index (χ0v) is 13.5. The fourth-order valence-corrected chi connectivity index (χ4v) is 2.58. The van der Waals surface area contributed by atoms with Crippen LogP contribution in [0.5, 0.6) is 5.75 Å². The van der Waals surface area contributed by atoms with E-state index < -0.39 is 12.1 Å². The van der Waals surface area contributed by atoms with E-state index in [0.717, 1.165) is 5.56 Å². The second kappa shape index (κ2) is 7.04. The van der Waals surface area contributed by atoms with Gasteiger partial charge in [-0.1, -0.05) is 24.3 Å². The van der Waals surface area contributed by atoms with E-state index in [-0.39, 0.29) is 18.2 Å². The molecule has 1 unspecified atom stereocenters. The van der Waals surface area contributed by atoms with E-state index in [1.54, 1.807) is 31.4 Å². The van der Waals surface area contributed by atoms with Crippen molar-refractivity contribution in [1.82, 2.24) is 10.6 Å². The minimum absolute atomic E-state index is 0.159. The molecule has 0 bridgehead atoms. The van der Waals surface area contributed by atoms with Crippen LogP contribution in [0.25, 0.3) is 0 Å². The van der Waals surface area contributed by atoms with Crippen LogP contribution in [0.2, 0.25) is 0 Å². The highest BCUT2D eigenvalue weighted by Gasteiger charge is 2.30. The number of carbonyl (C=O) groups is 3. The monoisotopic (exact) mass is 339 g/mol. The Morgan fingerprint density at radius 3 is 2.56 bits per heavy atom. The summed E-state index contributed by atoms with van der Waals surface area (Å²) in [6, 6.07) is 12.9. The first-order valence-corrected chi connectivity index (χ1v) is 7.69. The number of methoxy groups -OCH3 is 1. The molecular formula is C18H17N3O4. The van der Waals surface area contributed by atoms with Gasteiger partial charge in [-0.25, -0.2) is 4.79 Å². The molecule has 0 saturated carbocycles. The van der Waals surface area contributed by atoms with Gasteiger partial charge in [-0.15, -0.1) is 0 Å². The van der Waals surface area contributed by atoms with Gasteiger partial charge in [0.2, 0.25) is 5.91 Å². The summed E-state index contributed by atoms with van der Waals surface area (Å²) in [6.45, 7) is 0. The van der Waals surface area contributed by atoms with Gasteiger partial charge < -0.3 is 15.4 Å². The number of hydrogen-bond donors (Lipinski definition) is 3. The molecule has 0 spiro atoms. The average Bonchev–Trinajstić information content (AvgIpc) is 2.94. The smallest absolute Gasteiger partial charge is 0.322 e. The molecule has 2 aromatic rings. The average molecular weight is 339 g/mol. The van der Waals surface area contributed by atoms with Gasteiger partial charge in [0.15, 0.2) is 0 Å². The Labute approximate surface area is 144 Å². The van der Waals surface area contributed by atoms with Crippen molar-refractivity contribution in [3.05, 3.63) is 59.7 Å². The molecule has 7 heteroatoms. The first-order valence-electron chi connectivity index (χ1n) is 7.69. The fraction of sp³-hybridized carbons (Fsp3) is 0.167. The maximum absolute atomic E-state index is 12.1. The molecule has 3 rings (SSSR count). The van der Waals surface area contributed by atoms with Crippen molar-refractivity contribution in [1.29, 1.82) is 0 Å². The zero-order chi connectivity index (χ0) is 17.8. The molecule has 0 radical (unpaired) electrons. The van der Waals surface area contributed by atoms with Crippen molar-refractivity contribution in [3.63, 3.8) is 0 Å². The molecule has 1 aliphatic rings. The van der Waals surface area contributed by atoms with Gasteiger partial charge in [0.25, 0.3) is 5.91 Å². The lowest BCUT2D eigenvalue weighted by atomic mass is 10.1. The van der Waals surface area contributed by atoms with Crippen molar-refractivity contribution in [3.8, 4) is 5.75 Å². The van der Waals surface area contributed by atoms with Gasteiger partial charge >= 0.3 is 6.03 Å². The second-order valence-corrected chi connectivity index (χ2v) is 5.59. The summed E-state index contributed by atoms with van der Waals surface area (Å²) in [4.78, 5) is 34.9. The predicted molar refractivity (Wildman–Crippen MR) is 91.2 cm³/mol. The van der Waals surface area contributed by atoms with Crippen LogP contribution in [0, 0.1) is 0 Å². The summed E-state index contributed by atoms with van der Waals surface area (Å²) in [5.41, 5.74) is 2.11. The Bertz CT molecular complexity index is 817. The number of amides is 4. The molecule has 0 aromatic heterocycles. The maximum Gasteiger partial charge on any atom is 0.322 e. The number of ether oxygens (including phenoxy) is 1. The lowest BCUT2D eigenvalue weighted by Crippen LogP contribution is -2.22. The van der Waals surface area contributed by atoms with Crippen molar-refractivity contribution in [2.24, 2.45) is 0 Å². The molecule has 128 valence electrons. The van der Waals surface area contributed by atoms with Gasteiger partial charge in [-0.3, -0.25) is 14.9 Å². The normalized spacial score (nSPS) is 16.1. The molecule has 1 aliphatic heterocycles. The number of benzene rings is 2. The third-order valence-corrected chi connectivity index (χ3v) is 3.80. The largest absolute Gasteiger partial charge is 0.497 e. The topological polar surface area (TPSA) is 96.5 Å².